The molecule has 1 aliphatic heterocycles. The van der Waals surface area contributed by atoms with E-state index in [0.717, 1.165) is 5.69 Å². The summed E-state index contributed by atoms with van der Waals surface area (Å²) in [6, 6.07) is 1.13. The number of hydrogen-bond acceptors (Lipinski definition) is 3. The monoisotopic (exact) mass is 335 g/mol. The minimum absolute atomic E-state index is 0.0598. The van der Waals surface area contributed by atoms with Gasteiger partial charge in [0, 0.05) is 26.7 Å². The van der Waals surface area contributed by atoms with Crippen LogP contribution in [0.25, 0.3) is 0 Å². The Labute approximate surface area is 138 Å². The molecule has 1 fully saturated rings. The van der Waals surface area contributed by atoms with Crippen molar-refractivity contribution in [3.8, 4) is 0 Å². The molecule has 0 radical (unpaired) electrons. The molecular weight excluding hydrogens is 318 g/mol. The molecule has 2 N–H and O–H groups in total. The van der Waals surface area contributed by atoms with Gasteiger partial charge in [-0.2, -0.15) is 0 Å². The van der Waals surface area contributed by atoms with Gasteiger partial charge in [-0.3, -0.25) is 9.59 Å². The van der Waals surface area contributed by atoms with E-state index in [0.29, 0.717) is 23.6 Å². The molecule has 1 aliphatic rings. The largest absolute Gasteiger partial charge is 0.356 e. The number of imidazole rings is 1. The van der Waals surface area contributed by atoms with Gasteiger partial charge in [0.25, 0.3) is 5.91 Å². The van der Waals surface area contributed by atoms with Crippen molar-refractivity contribution >= 4 is 23.4 Å². The first kappa shape index (κ1) is 15.6. The van der Waals surface area contributed by atoms with Crippen LogP contribution in [0.5, 0.6) is 0 Å². The van der Waals surface area contributed by atoms with Gasteiger partial charge < -0.3 is 19.8 Å². The van der Waals surface area contributed by atoms with Crippen molar-refractivity contribution in [2.75, 3.05) is 7.05 Å². The topological polar surface area (TPSA) is 83.0 Å². The summed E-state index contributed by atoms with van der Waals surface area (Å²) in [7, 11) is 3.63. The molecule has 3 heterocycles. The number of aromatic nitrogens is 3. The highest BCUT2D eigenvalue weighted by atomic mass is 35.5. The molecule has 2 amide bonds. The lowest BCUT2D eigenvalue weighted by atomic mass is 9.93. The van der Waals surface area contributed by atoms with Crippen LogP contribution in [-0.2, 0) is 11.8 Å². The second-order valence-corrected chi connectivity index (χ2v) is 6.17. The van der Waals surface area contributed by atoms with Gasteiger partial charge in [-0.25, -0.2) is 4.98 Å². The van der Waals surface area contributed by atoms with E-state index in [9.17, 15) is 9.59 Å². The first-order valence-electron chi connectivity index (χ1n) is 7.34. The van der Waals surface area contributed by atoms with E-state index in [2.05, 4.69) is 15.3 Å². The Morgan fingerprint density at radius 1 is 1.48 bits per heavy atom. The number of amides is 2. The summed E-state index contributed by atoms with van der Waals surface area (Å²) in [4.78, 5) is 33.1. The summed E-state index contributed by atoms with van der Waals surface area (Å²) in [5, 5.41) is 3.48. The number of nitrogens with one attached hydrogen (secondary N) is 2. The van der Waals surface area contributed by atoms with E-state index < -0.39 is 0 Å². The molecule has 8 heteroatoms. The fourth-order valence-corrected chi connectivity index (χ4v) is 3.16. The van der Waals surface area contributed by atoms with Gasteiger partial charge in [0.05, 0.1) is 35.3 Å². The zero-order chi connectivity index (χ0) is 16.6. The van der Waals surface area contributed by atoms with Crippen LogP contribution < -0.4 is 5.32 Å². The Bertz CT molecular complexity index is 738. The smallest absolute Gasteiger partial charge is 0.268 e. The quantitative estimate of drug-likeness (QED) is 0.891. The van der Waals surface area contributed by atoms with Gasteiger partial charge in [0.1, 0.15) is 5.69 Å². The van der Waals surface area contributed by atoms with E-state index in [4.69, 9.17) is 11.6 Å². The van der Waals surface area contributed by atoms with E-state index in [1.807, 2.05) is 11.6 Å². The molecule has 122 valence electrons. The van der Waals surface area contributed by atoms with Crippen LogP contribution in [0.4, 0.5) is 0 Å². The number of carbonyl (C=O) groups excluding carboxylic acids is 2. The van der Waals surface area contributed by atoms with Gasteiger partial charge >= 0.3 is 0 Å². The zero-order valence-electron chi connectivity index (χ0n) is 12.9. The maximum atomic E-state index is 12.4. The molecule has 23 heavy (non-hydrogen) atoms. The summed E-state index contributed by atoms with van der Waals surface area (Å²) in [5.41, 5.74) is 1.29. The highest BCUT2D eigenvalue weighted by molar-refractivity contribution is 6.30. The zero-order valence-corrected chi connectivity index (χ0v) is 13.7. The molecule has 2 atom stereocenters. The summed E-state index contributed by atoms with van der Waals surface area (Å²) in [6.45, 7) is 0. The van der Waals surface area contributed by atoms with Crippen molar-refractivity contribution in [1.82, 2.24) is 24.8 Å². The predicted octanol–water partition coefficient (Wildman–Crippen LogP) is 1.49. The fourth-order valence-electron chi connectivity index (χ4n) is 2.99. The SMILES string of the molecule is CN1C(=O)CC[C@@H](NC(=O)c2cc(Cl)c[nH]2)[C@@H]1c1cncn1C. The van der Waals surface area contributed by atoms with Crippen LogP contribution in [0.3, 0.4) is 0 Å². The number of H-pyrrole nitrogens is 1. The molecule has 0 unspecified atom stereocenters. The molecule has 0 bridgehead atoms. The van der Waals surface area contributed by atoms with Crippen LogP contribution in [0.15, 0.2) is 24.8 Å². The molecule has 2 aromatic rings. The third-order valence-corrected chi connectivity index (χ3v) is 4.45. The van der Waals surface area contributed by atoms with Crippen LogP contribution in [0.2, 0.25) is 5.02 Å². The van der Waals surface area contributed by atoms with Crippen molar-refractivity contribution < 1.29 is 9.59 Å². The van der Waals surface area contributed by atoms with E-state index in [1.165, 1.54) is 0 Å². The summed E-state index contributed by atoms with van der Waals surface area (Å²) < 4.78 is 1.87. The Morgan fingerprint density at radius 2 is 2.26 bits per heavy atom. The molecule has 7 nitrogen and oxygen atoms in total. The van der Waals surface area contributed by atoms with Gasteiger partial charge in [0.2, 0.25) is 5.91 Å². The highest BCUT2D eigenvalue weighted by Gasteiger charge is 2.37. The summed E-state index contributed by atoms with van der Waals surface area (Å²) >= 11 is 5.84. The summed E-state index contributed by atoms with van der Waals surface area (Å²) in [5.74, 6) is -0.179. The van der Waals surface area contributed by atoms with Gasteiger partial charge in [0.15, 0.2) is 0 Å². The lowest BCUT2D eigenvalue weighted by Gasteiger charge is -2.39. The Balaban J connectivity index is 1.85. The molecule has 0 spiro atoms. The number of nitrogens with zero attached hydrogens (tertiary/aromatic N) is 3. The number of likely N-dealkylation sites (N-methyl/N-ethyl adjacent to an activating group) is 1. The Kier molecular flexibility index (Phi) is 4.12. The number of aromatic amines is 1. The first-order chi connectivity index (χ1) is 11.0. The van der Waals surface area contributed by atoms with Gasteiger partial charge in [-0.15, -0.1) is 0 Å². The van der Waals surface area contributed by atoms with Gasteiger partial charge in [-0.1, -0.05) is 11.6 Å². The maximum absolute atomic E-state index is 12.4. The molecule has 0 aromatic carbocycles. The third kappa shape index (κ3) is 2.96. The van der Waals surface area contributed by atoms with Crippen molar-refractivity contribution in [1.29, 1.82) is 0 Å². The predicted molar refractivity (Wildman–Crippen MR) is 85.0 cm³/mol. The summed E-state index contributed by atoms with van der Waals surface area (Å²) in [6.07, 6.45) is 5.96. The minimum atomic E-state index is -0.252. The molecule has 3 rings (SSSR count). The molecular formula is C15H18ClN5O2. The Morgan fingerprint density at radius 3 is 2.87 bits per heavy atom. The highest BCUT2D eigenvalue weighted by Crippen LogP contribution is 2.30. The first-order valence-corrected chi connectivity index (χ1v) is 7.72. The number of hydrogen-bond donors (Lipinski definition) is 2. The van der Waals surface area contributed by atoms with E-state index in [-0.39, 0.29) is 23.9 Å². The standard InChI is InChI=1S/C15H18ClN5O2/c1-20-8-17-7-12(20)14-10(3-4-13(22)21(14)2)19-15(23)11-5-9(16)6-18-11/h5-8,10,14,18H,3-4H2,1-2H3,(H,19,23)/t10-,14-/m1/s1. The number of carbonyl (C=O) groups is 2. The minimum Gasteiger partial charge on any atom is -0.356 e. The molecule has 0 aliphatic carbocycles. The average molecular weight is 336 g/mol. The van der Waals surface area contributed by atoms with Crippen LogP contribution in [0, 0.1) is 0 Å². The lowest BCUT2D eigenvalue weighted by Crippen LogP contribution is -2.51. The average Bonchev–Trinajstić information content (AvgIpc) is 3.12. The normalized spacial score (nSPS) is 21.5. The number of piperidine rings is 1. The number of halogens is 1. The van der Waals surface area contributed by atoms with Crippen LogP contribution in [-0.4, -0.2) is 44.3 Å². The van der Waals surface area contributed by atoms with Crippen molar-refractivity contribution in [3.05, 3.63) is 41.2 Å². The number of likely N-dealkylation sites (tertiary alicyclic amines) is 1. The fraction of sp³-hybridized carbons (Fsp3) is 0.400. The molecule has 2 aromatic heterocycles. The second-order valence-electron chi connectivity index (χ2n) is 5.73. The Hall–Kier alpha value is -2.28. The van der Waals surface area contributed by atoms with E-state index in [1.54, 1.807) is 36.7 Å². The van der Waals surface area contributed by atoms with Gasteiger partial charge in [-0.05, 0) is 12.5 Å². The van der Waals surface area contributed by atoms with Crippen LogP contribution in [0.1, 0.15) is 35.1 Å². The van der Waals surface area contributed by atoms with E-state index >= 15 is 0 Å². The number of aryl methyl sites for hydroxylation is 1. The maximum Gasteiger partial charge on any atom is 0.268 e. The van der Waals surface area contributed by atoms with Crippen molar-refractivity contribution in [2.24, 2.45) is 7.05 Å². The second kappa shape index (κ2) is 6.08. The van der Waals surface area contributed by atoms with Crippen molar-refractivity contribution in [2.45, 2.75) is 24.9 Å². The van der Waals surface area contributed by atoms with Crippen LogP contribution >= 0.6 is 11.6 Å². The number of rotatable bonds is 3. The molecule has 0 saturated carbocycles. The lowest BCUT2D eigenvalue weighted by molar-refractivity contribution is -0.136. The third-order valence-electron chi connectivity index (χ3n) is 4.23. The molecule has 1 saturated heterocycles. The van der Waals surface area contributed by atoms with Crippen molar-refractivity contribution in [3.63, 3.8) is 0 Å².